The van der Waals surface area contributed by atoms with Crippen LogP contribution in [0.1, 0.15) is 12.8 Å². The summed E-state index contributed by atoms with van der Waals surface area (Å²) in [5, 5.41) is 0.555. The Morgan fingerprint density at radius 2 is 2.10 bits per heavy atom. The van der Waals surface area contributed by atoms with E-state index in [1.165, 1.54) is 16.9 Å². The molecule has 6 nitrogen and oxygen atoms in total. The fourth-order valence-electron chi connectivity index (χ4n) is 2.37. The maximum Gasteiger partial charge on any atom is 0.210 e. The van der Waals surface area contributed by atoms with E-state index < -0.39 is 10.0 Å². The van der Waals surface area contributed by atoms with Gasteiger partial charge in [0.1, 0.15) is 11.3 Å². The standard InChI is InChI=1S/C12H19ClN4O2S/c1-16(20(2,18)19)8-10-3-5-17(6-4-10)12-11(13)7-14-9-15-12/h7,9-10H,3-6,8H2,1-2H3. The van der Waals surface area contributed by atoms with Crippen LogP contribution >= 0.6 is 11.6 Å². The normalized spacial score (nSPS) is 17.7. The van der Waals surface area contributed by atoms with E-state index in [4.69, 9.17) is 11.6 Å². The summed E-state index contributed by atoms with van der Waals surface area (Å²) < 4.78 is 24.3. The van der Waals surface area contributed by atoms with Gasteiger partial charge in [-0.05, 0) is 18.8 Å². The molecule has 0 aliphatic carbocycles. The van der Waals surface area contributed by atoms with Crippen molar-refractivity contribution in [2.24, 2.45) is 5.92 Å². The van der Waals surface area contributed by atoms with Gasteiger partial charge in [0.15, 0.2) is 5.82 Å². The van der Waals surface area contributed by atoms with Crippen molar-refractivity contribution in [1.82, 2.24) is 14.3 Å². The lowest BCUT2D eigenvalue weighted by molar-refractivity contribution is 0.328. The van der Waals surface area contributed by atoms with Gasteiger partial charge < -0.3 is 4.90 Å². The van der Waals surface area contributed by atoms with Gasteiger partial charge in [-0.1, -0.05) is 11.6 Å². The van der Waals surface area contributed by atoms with Crippen molar-refractivity contribution in [2.45, 2.75) is 12.8 Å². The minimum atomic E-state index is -3.10. The Morgan fingerprint density at radius 1 is 1.45 bits per heavy atom. The number of halogens is 1. The average Bonchev–Trinajstić information content (AvgIpc) is 2.39. The van der Waals surface area contributed by atoms with Gasteiger partial charge in [0.2, 0.25) is 10.0 Å². The van der Waals surface area contributed by atoms with Gasteiger partial charge in [0.25, 0.3) is 0 Å². The van der Waals surface area contributed by atoms with E-state index in [1.54, 1.807) is 13.2 Å². The van der Waals surface area contributed by atoms with Crippen molar-refractivity contribution >= 4 is 27.4 Å². The summed E-state index contributed by atoms with van der Waals surface area (Å²) in [6.45, 7) is 2.24. The number of hydrogen-bond acceptors (Lipinski definition) is 5. The molecule has 2 rings (SSSR count). The summed E-state index contributed by atoms with van der Waals surface area (Å²) in [5.41, 5.74) is 0. The van der Waals surface area contributed by atoms with E-state index in [2.05, 4.69) is 14.9 Å². The summed E-state index contributed by atoms with van der Waals surface area (Å²) in [6, 6.07) is 0. The maximum atomic E-state index is 11.4. The van der Waals surface area contributed by atoms with Crippen LogP contribution in [0, 0.1) is 5.92 Å². The third-order valence-electron chi connectivity index (χ3n) is 3.64. The second-order valence-electron chi connectivity index (χ2n) is 5.17. The van der Waals surface area contributed by atoms with Crippen LogP contribution in [0.5, 0.6) is 0 Å². The Morgan fingerprint density at radius 3 is 2.65 bits per heavy atom. The van der Waals surface area contributed by atoms with Crippen LogP contribution in [0.15, 0.2) is 12.5 Å². The van der Waals surface area contributed by atoms with Gasteiger partial charge in [-0.15, -0.1) is 0 Å². The number of hydrogen-bond donors (Lipinski definition) is 0. The zero-order valence-corrected chi connectivity index (χ0v) is 13.2. The molecule has 1 saturated heterocycles. The van der Waals surface area contributed by atoms with Crippen LogP contribution in [-0.4, -0.2) is 55.6 Å². The van der Waals surface area contributed by atoms with Gasteiger partial charge in [-0.2, -0.15) is 0 Å². The van der Waals surface area contributed by atoms with Crippen LogP contribution < -0.4 is 4.90 Å². The molecule has 8 heteroatoms. The highest BCUT2D eigenvalue weighted by molar-refractivity contribution is 7.88. The number of anilines is 1. The molecule has 112 valence electrons. The molecule has 0 aromatic carbocycles. The lowest BCUT2D eigenvalue weighted by atomic mass is 9.97. The fourth-order valence-corrected chi connectivity index (χ4v) is 3.07. The van der Waals surface area contributed by atoms with E-state index in [1.807, 2.05) is 0 Å². The molecular formula is C12H19ClN4O2S. The van der Waals surface area contributed by atoms with Crippen LogP contribution in [0.2, 0.25) is 5.02 Å². The molecule has 0 unspecified atom stereocenters. The topological polar surface area (TPSA) is 66.4 Å². The van der Waals surface area contributed by atoms with Gasteiger partial charge in [-0.25, -0.2) is 22.7 Å². The van der Waals surface area contributed by atoms with Gasteiger partial charge >= 0.3 is 0 Å². The van der Waals surface area contributed by atoms with Gasteiger partial charge in [0, 0.05) is 26.7 Å². The first-order valence-electron chi connectivity index (χ1n) is 6.49. The quantitative estimate of drug-likeness (QED) is 0.835. The molecule has 1 aromatic rings. The Kier molecular flexibility index (Phi) is 4.82. The predicted octanol–water partition coefficient (Wildman–Crippen LogP) is 1.24. The summed E-state index contributed by atoms with van der Waals surface area (Å²) in [7, 11) is -1.47. The molecule has 1 aliphatic heterocycles. The van der Waals surface area contributed by atoms with Crippen molar-refractivity contribution in [2.75, 3.05) is 37.8 Å². The van der Waals surface area contributed by atoms with Crippen LogP contribution in [-0.2, 0) is 10.0 Å². The van der Waals surface area contributed by atoms with Crippen LogP contribution in [0.4, 0.5) is 5.82 Å². The molecule has 0 N–H and O–H groups in total. The zero-order valence-electron chi connectivity index (χ0n) is 11.7. The van der Waals surface area contributed by atoms with Crippen molar-refractivity contribution in [3.8, 4) is 0 Å². The number of aromatic nitrogens is 2. The van der Waals surface area contributed by atoms with Gasteiger partial charge in [0.05, 0.1) is 12.5 Å². The first-order chi connectivity index (χ1) is 9.38. The second kappa shape index (κ2) is 6.24. The molecule has 0 amide bonds. The Bertz CT molecular complexity index is 558. The van der Waals surface area contributed by atoms with Crippen molar-refractivity contribution in [3.63, 3.8) is 0 Å². The molecule has 1 fully saturated rings. The van der Waals surface area contributed by atoms with Crippen LogP contribution in [0.25, 0.3) is 0 Å². The summed E-state index contributed by atoms with van der Waals surface area (Å²) >= 11 is 6.08. The number of nitrogens with zero attached hydrogens (tertiary/aromatic N) is 4. The Labute approximate surface area is 124 Å². The fraction of sp³-hybridized carbons (Fsp3) is 0.667. The highest BCUT2D eigenvalue weighted by atomic mass is 35.5. The van der Waals surface area contributed by atoms with E-state index in [-0.39, 0.29) is 0 Å². The first kappa shape index (κ1) is 15.5. The second-order valence-corrected chi connectivity index (χ2v) is 7.66. The number of sulfonamides is 1. The average molecular weight is 319 g/mol. The minimum Gasteiger partial charge on any atom is -0.355 e. The smallest absolute Gasteiger partial charge is 0.210 e. The lowest BCUT2D eigenvalue weighted by Crippen LogP contribution is -2.39. The zero-order chi connectivity index (χ0) is 14.8. The molecule has 0 bridgehead atoms. The number of piperidine rings is 1. The molecule has 1 aliphatic rings. The maximum absolute atomic E-state index is 11.4. The third-order valence-corrected chi connectivity index (χ3v) is 5.19. The molecular weight excluding hydrogens is 300 g/mol. The lowest BCUT2D eigenvalue weighted by Gasteiger charge is -2.34. The van der Waals surface area contributed by atoms with E-state index in [9.17, 15) is 8.42 Å². The van der Waals surface area contributed by atoms with E-state index in [0.717, 1.165) is 31.7 Å². The first-order valence-corrected chi connectivity index (χ1v) is 8.72. The third kappa shape index (κ3) is 3.80. The monoisotopic (exact) mass is 318 g/mol. The summed E-state index contributed by atoms with van der Waals surface area (Å²) in [6.07, 6.45) is 6.18. The predicted molar refractivity (Wildman–Crippen MR) is 79.5 cm³/mol. The largest absolute Gasteiger partial charge is 0.355 e. The Hall–Kier alpha value is -0.920. The van der Waals surface area contributed by atoms with Crippen molar-refractivity contribution < 1.29 is 8.42 Å². The van der Waals surface area contributed by atoms with Crippen molar-refractivity contribution in [1.29, 1.82) is 0 Å². The van der Waals surface area contributed by atoms with Gasteiger partial charge in [-0.3, -0.25) is 0 Å². The molecule has 20 heavy (non-hydrogen) atoms. The molecule has 0 spiro atoms. The van der Waals surface area contributed by atoms with E-state index in [0.29, 0.717) is 17.5 Å². The van der Waals surface area contributed by atoms with E-state index >= 15 is 0 Å². The summed E-state index contributed by atoms with van der Waals surface area (Å²) in [5.74, 6) is 1.14. The minimum absolute atomic E-state index is 0.381. The summed E-state index contributed by atoms with van der Waals surface area (Å²) in [4.78, 5) is 10.2. The SMILES string of the molecule is CN(CC1CCN(c2ncncc2Cl)CC1)S(C)(=O)=O. The Balaban J connectivity index is 1.92. The molecule has 0 saturated carbocycles. The molecule has 1 aromatic heterocycles. The molecule has 0 atom stereocenters. The number of rotatable bonds is 4. The van der Waals surface area contributed by atoms with Crippen LogP contribution in [0.3, 0.4) is 0 Å². The highest BCUT2D eigenvalue weighted by Crippen LogP contribution is 2.27. The van der Waals surface area contributed by atoms with Crippen molar-refractivity contribution in [3.05, 3.63) is 17.5 Å². The molecule has 2 heterocycles. The molecule has 0 radical (unpaired) electrons. The highest BCUT2D eigenvalue weighted by Gasteiger charge is 2.24.